The zero-order chi connectivity index (χ0) is 16.2. The minimum atomic E-state index is -0.567. The number of aryl methyl sites for hydroxylation is 1. The normalized spacial score (nSPS) is 14.7. The Balaban J connectivity index is 1.69. The molecule has 1 amide bonds. The molecule has 120 valence electrons. The van der Waals surface area contributed by atoms with Crippen molar-refractivity contribution in [2.24, 2.45) is 0 Å². The zero-order valence-corrected chi connectivity index (χ0v) is 13.9. The lowest BCUT2D eigenvalue weighted by atomic mass is 9.91. The monoisotopic (exact) mass is 329 g/mol. The number of hydrogen-bond donors (Lipinski definition) is 1. The standard InChI is InChI=1S/C19H20ClNO2/c1-13(19(22)21-16-9-5-8-15(20)12-16)23-18-11-4-7-14-6-2-3-10-17(14)18/h4-5,7-9,11-13H,2-3,6,10H2,1H3,(H,21,22)/t13-/m0/s1. The summed E-state index contributed by atoms with van der Waals surface area (Å²) in [5, 5.41) is 3.43. The van der Waals surface area contributed by atoms with E-state index in [0.29, 0.717) is 10.7 Å². The molecule has 0 radical (unpaired) electrons. The van der Waals surface area contributed by atoms with E-state index in [-0.39, 0.29) is 5.91 Å². The van der Waals surface area contributed by atoms with Crippen LogP contribution in [-0.4, -0.2) is 12.0 Å². The van der Waals surface area contributed by atoms with Crippen molar-refractivity contribution in [2.45, 2.75) is 38.7 Å². The van der Waals surface area contributed by atoms with Crippen molar-refractivity contribution in [1.82, 2.24) is 0 Å². The van der Waals surface area contributed by atoms with Gasteiger partial charge in [-0.05, 0) is 68.0 Å². The Morgan fingerprint density at radius 3 is 2.78 bits per heavy atom. The van der Waals surface area contributed by atoms with Crippen LogP contribution < -0.4 is 10.1 Å². The van der Waals surface area contributed by atoms with Crippen LogP contribution in [0.2, 0.25) is 5.02 Å². The molecule has 2 aromatic rings. The Morgan fingerprint density at radius 1 is 1.17 bits per heavy atom. The first-order chi connectivity index (χ1) is 11.1. The average Bonchev–Trinajstić information content (AvgIpc) is 2.55. The molecule has 1 aliphatic carbocycles. The molecule has 1 aliphatic rings. The second-order valence-corrected chi connectivity index (χ2v) is 6.30. The molecule has 0 saturated carbocycles. The van der Waals surface area contributed by atoms with Gasteiger partial charge in [-0.3, -0.25) is 4.79 Å². The average molecular weight is 330 g/mol. The van der Waals surface area contributed by atoms with E-state index in [1.54, 1.807) is 31.2 Å². The number of amides is 1. The molecular weight excluding hydrogens is 310 g/mol. The van der Waals surface area contributed by atoms with E-state index in [1.807, 2.05) is 12.1 Å². The van der Waals surface area contributed by atoms with Crippen molar-refractivity contribution in [3.63, 3.8) is 0 Å². The number of carbonyl (C=O) groups is 1. The van der Waals surface area contributed by atoms with Crippen LogP contribution in [0.15, 0.2) is 42.5 Å². The molecule has 3 nitrogen and oxygen atoms in total. The summed E-state index contributed by atoms with van der Waals surface area (Å²) in [5.74, 6) is 0.650. The fourth-order valence-corrected chi connectivity index (χ4v) is 3.10. The first-order valence-electron chi connectivity index (χ1n) is 7.97. The predicted molar refractivity (Wildman–Crippen MR) is 93.3 cm³/mol. The minimum Gasteiger partial charge on any atom is -0.481 e. The van der Waals surface area contributed by atoms with Crippen LogP contribution in [0.4, 0.5) is 5.69 Å². The van der Waals surface area contributed by atoms with Crippen LogP contribution in [0, 0.1) is 0 Å². The maximum atomic E-state index is 12.3. The Labute approximate surface area is 141 Å². The third-order valence-electron chi connectivity index (χ3n) is 4.12. The Morgan fingerprint density at radius 2 is 1.96 bits per heavy atom. The van der Waals surface area contributed by atoms with E-state index in [0.717, 1.165) is 18.6 Å². The third-order valence-corrected chi connectivity index (χ3v) is 4.35. The van der Waals surface area contributed by atoms with E-state index in [2.05, 4.69) is 11.4 Å². The number of nitrogens with one attached hydrogen (secondary N) is 1. The van der Waals surface area contributed by atoms with Crippen LogP contribution in [0.3, 0.4) is 0 Å². The van der Waals surface area contributed by atoms with Crippen molar-refractivity contribution >= 4 is 23.2 Å². The summed E-state index contributed by atoms with van der Waals surface area (Å²) in [4.78, 5) is 12.3. The second-order valence-electron chi connectivity index (χ2n) is 5.86. The summed E-state index contributed by atoms with van der Waals surface area (Å²) in [6.07, 6.45) is 3.95. The smallest absolute Gasteiger partial charge is 0.265 e. The second kappa shape index (κ2) is 7.05. The first-order valence-corrected chi connectivity index (χ1v) is 8.35. The van der Waals surface area contributed by atoms with Gasteiger partial charge in [0.15, 0.2) is 6.10 Å². The van der Waals surface area contributed by atoms with E-state index < -0.39 is 6.10 Å². The lowest BCUT2D eigenvalue weighted by Gasteiger charge is -2.22. The molecule has 1 N–H and O–H groups in total. The molecule has 0 fully saturated rings. The van der Waals surface area contributed by atoms with Gasteiger partial charge in [0.05, 0.1) is 0 Å². The van der Waals surface area contributed by atoms with Crippen molar-refractivity contribution in [3.05, 3.63) is 58.6 Å². The number of ether oxygens (including phenoxy) is 1. The van der Waals surface area contributed by atoms with Crippen molar-refractivity contribution in [2.75, 3.05) is 5.32 Å². The van der Waals surface area contributed by atoms with Gasteiger partial charge in [-0.2, -0.15) is 0 Å². The lowest BCUT2D eigenvalue weighted by molar-refractivity contribution is -0.122. The maximum absolute atomic E-state index is 12.3. The number of benzene rings is 2. The molecule has 0 aliphatic heterocycles. The van der Waals surface area contributed by atoms with Gasteiger partial charge in [0, 0.05) is 10.7 Å². The summed E-state index contributed by atoms with van der Waals surface area (Å²) in [6.45, 7) is 1.77. The van der Waals surface area contributed by atoms with E-state index >= 15 is 0 Å². The van der Waals surface area contributed by atoms with Crippen molar-refractivity contribution < 1.29 is 9.53 Å². The highest BCUT2D eigenvalue weighted by atomic mass is 35.5. The number of rotatable bonds is 4. The molecule has 0 saturated heterocycles. The minimum absolute atomic E-state index is 0.180. The number of halogens is 1. The lowest BCUT2D eigenvalue weighted by Crippen LogP contribution is -2.30. The van der Waals surface area contributed by atoms with Gasteiger partial charge >= 0.3 is 0 Å². The fraction of sp³-hybridized carbons (Fsp3) is 0.316. The first kappa shape index (κ1) is 15.9. The highest BCUT2D eigenvalue weighted by molar-refractivity contribution is 6.30. The molecule has 2 aromatic carbocycles. The predicted octanol–water partition coefficient (Wildman–Crippen LogP) is 4.62. The number of anilines is 1. The topological polar surface area (TPSA) is 38.3 Å². The van der Waals surface area contributed by atoms with E-state index in [4.69, 9.17) is 16.3 Å². The summed E-state index contributed by atoms with van der Waals surface area (Å²) in [5.41, 5.74) is 3.27. The van der Waals surface area contributed by atoms with Gasteiger partial charge in [0.2, 0.25) is 0 Å². The van der Waals surface area contributed by atoms with Crippen molar-refractivity contribution in [3.8, 4) is 5.75 Å². The number of hydrogen-bond acceptors (Lipinski definition) is 2. The SMILES string of the molecule is C[C@H](Oc1cccc2c1CCCC2)C(=O)Nc1cccc(Cl)c1. The Bertz CT molecular complexity index is 714. The van der Waals surface area contributed by atoms with Gasteiger partial charge in [0.25, 0.3) is 5.91 Å². The molecular formula is C19H20ClNO2. The summed E-state index contributed by atoms with van der Waals surface area (Å²) < 4.78 is 5.93. The van der Waals surface area contributed by atoms with Crippen LogP contribution in [0.25, 0.3) is 0 Å². The molecule has 0 bridgehead atoms. The highest BCUT2D eigenvalue weighted by Crippen LogP contribution is 2.30. The van der Waals surface area contributed by atoms with Gasteiger partial charge in [-0.1, -0.05) is 29.8 Å². The molecule has 4 heteroatoms. The largest absolute Gasteiger partial charge is 0.481 e. The third kappa shape index (κ3) is 3.85. The highest BCUT2D eigenvalue weighted by Gasteiger charge is 2.19. The summed E-state index contributed by atoms with van der Waals surface area (Å²) in [6, 6.07) is 13.2. The molecule has 1 atom stereocenters. The molecule has 0 unspecified atom stereocenters. The summed E-state index contributed by atoms with van der Waals surface area (Å²) >= 11 is 5.93. The van der Waals surface area contributed by atoms with Crippen LogP contribution in [0.5, 0.6) is 5.75 Å². The van der Waals surface area contributed by atoms with Gasteiger partial charge in [0.1, 0.15) is 5.75 Å². The fourth-order valence-electron chi connectivity index (χ4n) is 2.91. The van der Waals surface area contributed by atoms with Crippen molar-refractivity contribution in [1.29, 1.82) is 0 Å². The van der Waals surface area contributed by atoms with Crippen LogP contribution in [-0.2, 0) is 17.6 Å². The molecule has 23 heavy (non-hydrogen) atoms. The van der Waals surface area contributed by atoms with E-state index in [9.17, 15) is 4.79 Å². The van der Waals surface area contributed by atoms with Gasteiger partial charge < -0.3 is 10.1 Å². The zero-order valence-electron chi connectivity index (χ0n) is 13.1. The maximum Gasteiger partial charge on any atom is 0.265 e. The molecule has 0 spiro atoms. The molecule has 0 heterocycles. The number of carbonyl (C=O) groups excluding carboxylic acids is 1. The van der Waals surface area contributed by atoms with E-state index in [1.165, 1.54) is 24.0 Å². The molecule has 0 aromatic heterocycles. The Hall–Kier alpha value is -2.00. The Kier molecular flexibility index (Phi) is 4.87. The van der Waals surface area contributed by atoms with Crippen LogP contribution >= 0.6 is 11.6 Å². The van der Waals surface area contributed by atoms with Gasteiger partial charge in [-0.25, -0.2) is 0 Å². The quantitative estimate of drug-likeness (QED) is 0.888. The van der Waals surface area contributed by atoms with Crippen LogP contribution in [0.1, 0.15) is 30.9 Å². The summed E-state index contributed by atoms with van der Waals surface area (Å²) in [7, 11) is 0. The molecule has 3 rings (SSSR count). The number of fused-ring (bicyclic) bond motifs is 1. The van der Waals surface area contributed by atoms with Gasteiger partial charge in [-0.15, -0.1) is 0 Å².